The lowest BCUT2D eigenvalue weighted by molar-refractivity contribution is -0.0201. The van der Waals surface area contributed by atoms with Crippen LogP contribution < -0.4 is 9.62 Å². The van der Waals surface area contributed by atoms with Crippen LogP contribution in [-0.4, -0.2) is 87.2 Å². The van der Waals surface area contributed by atoms with E-state index in [0.29, 0.717) is 13.1 Å². The molecule has 4 unspecified atom stereocenters. The Kier molecular flexibility index (Phi) is 6.90. The predicted molar refractivity (Wildman–Crippen MR) is 117 cm³/mol. The van der Waals surface area contributed by atoms with Crippen LogP contribution in [0.4, 0.5) is 5.69 Å². The summed E-state index contributed by atoms with van der Waals surface area (Å²) in [6.45, 7) is 2.71. The molecule has 0 amide bonds. The standard InChI is InChI=1S/C22H29N3O5S/c26-16-20-22(27)21(25-13-11-24(12-14-25)17-7-3-1-4-8-17)19(30-20)15-23-31(28,29)18-9-5-2-6-10-18/h1-10,19-23,26-27H,11-16H2. The number of aliphatic hydroxyl groups is 2. The summed E-state index contributed by atoms with van der Waals surface area (Å²) in [5.74, 6) is 0. The van der Waals surface area contributed by atoms with E-state index in [4.69, 9.17) is 4.74 Å². The van der Waals surface area contributed by atoms with E-state index in [1.165, 1.54) is 12.1 Å². The average Bonchev–Trinajstić information content (AvgIpc) is 3.14. The molecule has 0 radical (unpaired) electrons. The fourth-order valence-corrected chi connectivity index (χ4v) is 5.45. The minimum Gasteiger partial charge on any atom is -0.394 e. The van der Waals surface area contributed by atoms with E-state index in [-0.39, 0.29) is 18.0 Å². The van der Waals surface area contributed by atoms with Gasteiger partial charge in [-0.2, -0.15) is 0 Å². The molecule has 2 aliphatic heterocycles. The molecule has 8 nitrogen and oxygen atoms in total. The van der Waals surface area contributed by atoms with Crippen LogP contribution in [0.3, 0.4) is 0 Å². The zero-order chi connectivity index (χ0) is 21.8. The monoisotopic (exact) mass is 447 g/mol. The van der Waals surface area contributed by atoms with Gasteiger partial charge in [0.15, 0.2) is 0 Å². The van der Waals surface area contributed by atoms with Crippen molar-refractivity contribution in [2.45, 2.75) is 29.2 Å². The molecule has 0 saturated carbocycles. The van der Waals surface area contributed by atoms with Gasteiger partial charge in [0, 0.05) is 38.4 Å². The highest BCUT2D eigenvalue weighted by molar-refractivity contribution is 7.89. The molecule has 9 heteroatoms. The van der Waals surface area contributed by atoms with Crippen molar-refractivity contribution in [1.29, 1.82) is 0 Å². The quantitative estimate of drug-likeness (QED) is 0.560. The summed E-state index contributed by atoms with van der Waals surface area (Å²) in [6.07, 6.45) is -2.18. The molecular weight excluding hydrogens is 418 g/mol. The summed E-state index contributed by atoms with van der Waals surface area (Å²) in [5, 5.41) is 20.4. The minimum absolute atomic E-state index is 0.0222. The smallest absolute Gasteiger partial charge is 0.240 e. The molecule has 4 rings (SSSR count). The number of nitrogens with zero attached hydrogens (tertiary/aromatic N) is 2. The Balaban J connectivity index is 1.42. The van der Waals surface area contributed by atoms with Crippen molar-refractivity contribution in [2.24, 2.45) is 0 Å². The van der Waals surface area contributed by atoms with E-state index >= 15 is 0 Å². The summed E-state index contributed by atoms with van der Waals surface area (Å²) < 4.78 is 33.7. The van der Waals surface area contributed by atoms with Crippen molar-refractivity contribution in [3.8, 4) is 0 Å². The molecule has 2 aliphatic rings. The van der Waals surface area contributed by atoms with Crippen molar-refractivity contribution in [1.82, 2.24) is 9.62 Å². The van der Waals surface area contributed by atoms with Gasteiger partial charge in [0.25, 0.3) is 0 Å². The van der Waals surface area contributed by atoms with Gasteiger partial charge in [-0.05, 0) is 24.3 Å². The zero-order valence-corrected chi connectivity index (χ0v) is 18.1. The lowest BCUT2D eigenvalue weighted by Gasteiger charge is -2.41. The van der Waals surface area contributed by atoms with E-state index in [0.717, 1.165) is 18.8 Å². The average molecular weight is 448 g/mol. The minimum atomic E-state index is -3.69. The SMILES string of the molecule is O=S(=O)(NCC1OC(CO)C(O)C1N1CCN(c2ccccc2)CC1)c1ccccc1. The Hall–Kier alpha value is -2.01. The zero-order valence-electron chi connectivity index (χ0n) is 17.2. The first-order valence-electron chi connectivity index (χ1n) is 10.5. The fraction of sp³-hybridized carbons (Fsp3) is 0.455. The number of hydrogen-bond acceptors (Lipinski definition) is 7. The molecule has 0 aliphatic carbocycles. The van der Waals surface area contributed by atoms with Crippen LogP contribution >= 0.6 is 0 Å². The molecule has 2 fully saturated rings. The van der Waals surface area contributed by atoms with Gasteiger partial charge < -0.3 is 19.8 Å². The molecule has 2 aromatic rings. The molecule has 3 N–H and O–H groups in total. The number of piperazine rings is 1. The van der Waals surface area contributed by atoms with Gasteiger partial charge in [0.2, 0.25) is 10.0 Å². The highest BCUT2D eigenvalue weighted by Crippen LogP contribution is 2.28. The van der Waals surface area contributed by atoms with Gasteiger partial charge in [-0.15, -0.1) is 0 Å². The molecular formula is C22H29N3O5S. The number of ether oxygens (including phenoxy) is 1. The van der Waals surface area contributed by atoms with E-state index in [2.05, 4.69) is 26.7 Å². The lowest BCUT2D eigenvalue weighted by atomic mass is 10.0. The van der Waals surface area contributed by atoms with Gasteiger partial charge in [0.05, 0.1) is 23.6 Å². The van der Waals surface area contributed by atoms with Gasteiger partial charge in [0.1, 0.15) is 12.2 Å². The van der Waals surface area contributed by atoms with Crippen molar-refractivity contribution in [3.63, 3.8) is 0 Å². The third-order valence-electron chi connectivity index (χ3n) is 6.03. The molecule has 2 heterocycles. The predicted octanol–water partition coefficient (Wildman–Crippen LogP) is 0.276. The maximum absolute atomic E-state index is 12.6. The van der Waals surface area contributed by atoms with Crippen LogP contribution in [0.2, 0.25) is 0 Å². The second-order valence-electron chi connectivity index (χ2n) is 7.90. The number of rotatable bonds is 7. The normalized spacial score (nSPS) is 27.5. The van der Waals surface area contributed by atoms with Crippen LogP contribution in [0.15, 0.2) is 65.6 Å². The van der Waals surface area contributed by atoms with Gasteiger partial charge in [-0.1, -0.05) is 36.4 Å². The number of anilines is 1. The Morgan fingerprint density at radius 1 is 0.935 bits per heavy atom. The Morgan fingerprint density at radius 3 is 2.16 bits per heavy atom. The van der Waals surface area contributed by atoms with E-state index < -0.39 is 34.4 Å². The van der Waals surface area contributed by atoms with Crippen LogP contribution in [0.1, 0.15) is 0 Å². The highest BCUT2D eigenvalue weighted by atomic mass is 32.2. The van der Waals surface area contributed by atoms with Gasteiger partial charge in [-0.25, -0.2) is 13.1 Å². The lowest BCUT2D eigenvalue weighted by Crippen LogP contribution is -2.57. The summed E-state index contributed by atoms with van der Waals surface area (Å²) >= 11 is 0. The first-order valence-corrected chi connectivity index (χ1v) is 12.0. The Morgan fingerprint density at radius 2 is 1.55 bits per heavy atom. The number of sulfonamides is 1. The summed E-state index contributed by atoms with van der Waals surface area (Å²) in [4.78, 5) is 4.61. The molecule has 31 heavy (non-hydrogen) atoms. The van der Waals surface area contributed by atoms with Crippen LogP contribution in [0.5, 0.6) is 0 Å². The molecule has 0 aromatic heterocycles. The van der Waals surface area contributed by atoms with Gasteiger partial charge in [-0.3, -0.25) is 4.90 Å². The van der Waals surface area contributed by atoms with E-state index in [9.17, 15) is 18.6 Å². The number of aliphatic hydroxyl groups excluding tert-OH is 2. The van der Waals surface area contributed by atoms with Crippen molar-refractivity contribution >= 4 is 15.7 Å². The van der Waals surface area contributed by atoms with E-state index in [1.807, 2.05) is 18.2 Å². The fourth-order valence-electron chi connectivity index (χ4n) is 4.39. The van der Waals surface area contributed by atoms with Crippen molar-refractivity contribution < 1.29 is 23.4 Å². The van der Waals surface area contributed by atoms with Gasteiger partial charge >= 0.3 is 0 Å². The summed E-state index contributed by atoms with van der Waals surface area (Å²) in [5.41, 5.74) is 1.16. The molecule has 2 aromatic carbocycles. The summed E-state index contributed by atoms with van der Waals surface area (Å²) in [6, 6.07) is 17.9. The van der Waals surface area contributed by atoms with Crippen molar-refractivity contribution in [3.05, 3.63) is 60.7 Å². The second-order valence-corrected chi connectivity index (χ2v) is 9.67. The van der Waals surface area contributed by atoms with Crippen LogP contribution in [-0.2, 0) is 14.8 Å². The number of benzene rings is 2. The second kappa shape index (κ2) is 9.64. The maximum atomic E-state index is 12.6. The summed E-state index contributed by atoms with van der Waals surface area (Å²) in [7, 11) is -3.69. The first kappa shape index (κ1) is 22.2. The molecule has 168 valence electrons. The maximum Gasteiger partial charge on any atom is 0.240 e. The Labute approximate surface area is 183 Å². The Bertz CT molecular complexity index is 936. The van der Waals surface area contributed by atoms with Crippen LogP contribution in [0, 0.1) is 0 Å². The number of hydrogen-bond donors (Lipinski definition) is 3. The molecule has 0 spiro atoms. The molecule has 2 saturated heterocycles. The van der Waals surface area contributed by atoms with Crippen LogP contribution in [0.25, 0.3) is 0 Å². The largest absolute Gasteiger partial charge is 0.394 e. The third-order valence-corrected chi connectivity index (χ3v) is 7.47. The molecule has 0 bridgehead atoms. The highest BCUT2D eigenvalue weighted by Gasteiger charge is 2.47. The molecule has 4 atom stereocenters. The van der Waals surface area contributed by atoms with Crippen molar-refractivity contribution in [2.75, 3.05) is 44.2 Å². The number of nitrogens with one attached hydrogen (secondary N) is 1. The number of para-hydroxylation sites is 1. The first-order chi connectivity index (χ1) is 15.0. The topological polar surface area (TPSA) is 102 Å². The van der Waals surface area contributed by atoms with E-state index in [1.54, 1.807) is 18.2 Å². The third kappa shape index (κ3) is 4.92.